The van der Waals surface area contributed by atoms with Gasteiger partial charge in [-0.3, -0.25) is 0 Å². The quantitative estimate of drug-likeness (QED) is 0.861. The Morgan fingerprint density at radius 1 is 1.35 bits per heavy atom. The zero-order valence-electron chi connectivity index (χ0n) is 9.90. The second-order valence-corrected chi connectivity index (χ2v) is 4.99. The van der Waals surface area contributed by atoms with Gasteiger partial charge in [-0.05, 0) is 43.5 Å². The van der Waals surface area contributed by atoms with Crippen molar-refractivity contribution < 1.29 is 9.63 Å². The fourth-order valence-electron chi connectivity index (χ4n) is 1.79. The topological polar surface area (TPSA) is 59.2 Å². The second kappa shape index (κ2) is 3.32. The number of aromatic nitrogens is 2. The van der Waals surface area contributed by atoms with E-state index in [-0.39, 0.29) is 11.2 Å². The number of aryl methyl sites for hydroxylation is 1. The molecule has 0 unspecified atom stereocenters. The number of phenolic OH excluding ortho intramolecular Hbond substituents is 1. The standard InChI is InChI=1S/C13H14N2O2/c1-8-7-9(3-4-10(8)16)11-14-12(15-17-11)13(2)5-6-13/h3-4,7,16H,5-6H2,1-2H3. The minimum absolute atomic E-state index is 0.119. The van der Waals surface area contributed by atoms with Crippen LogP contribution in [0.5, 0.6) is 5.75 Å². The van der Waals surface area contributed by atoms with Gasteiger partial charge in [0.05, 0.1) is 0 Å². The monoisotopic (exact) mass is 230 g/mol. The zero-order valence-corrected chi connectivity index (χ0v) is 9.90. The number of benzene rings is 1. The Morgan fingerprint density at radius 2 is 2.12 bits per heavy atom. The van der Waals surface area contributed by atoms with E-state index in [1.165, 1.54) is 0 Å². The average molecular weight is 230 g/mol. The molecule has 0 spiro atoms. The van der Waals surface area contributed by atoms with Crippen molar-refractivity contribution in [1.29, 1.82) is 0 Å². The molecule has 1 saturated carbocycles. The van der Waals surface area contributed by atoms with Crippen LogP contribution in [0.1, 0.15) is 31.2 Å². The SMILES string of the molecule is Cc1cc(-c2nc(C3(C)CC3)no2)ccc1O. The highest BCUT2D eigenvalue weighted by atomic mass is 16.5. The molecular weight excluding hydrogens is 216 g/mol. The van der Waals surface area contributed by atoms with Crippen LogP contribution >= 0.6 is 0 Å². The van der Waals surface area contributed by atoms with Gasteiger partial charge >= 0.3 is 0 Å². The predicted octanol–water partition coefficient (Wildman–Crippen LogP) is 2.80. The van der Waals surface area contributed by atoms with E-state index in [0.717, 1.165) is 29.8 Å². The van der Waals surface area contributed by atoms with Crippen molar-refractivity contribution in [2.45, 2.75) is 32.1 Å². The fraction of sp³-hybridized carbons (Fsp3) is 0.385. The second-order valence-electron chi connectivity index (χ2n) is 4.99. The van der Waals surface area contributed by atoms with Crippen LogP contribution in [0.15, 0.2) is 22.7 Å². The van der Waals surface area contributed by atoms with E-state index in [0.29, 0.717) is 5.89 Å². The van der Waals surface area contributed by atoms with Gasteiger partial charge in [-0.2, -0.15) is 4.98 Å². The zero-order chi connectivity index (χ0) is 12.0. The van der Waals surface area contributed by atoms with E-state index in [1.54, 1.807) is 12.1 Å². The predicted molar refractivity (Wildman–Crippen MR) is 62.7 cm³/mol. The minimum Gasteiger partial charge on any atom is -0.508 e. The highest BCUT2D eigenvalue weighted by Crippen LogP contribution is 2.46. The first-order valence-electron chi connectivity index (χ1n) is 5.73. The van der Waals surface area contributed by atoms with Crippen molar-refractivity contribution >= 4 is 0 Å². The Bertz CT molecular complexity index is 571. The summed E-state index contributed by atoms with van der Waals surface area (Å²) in [7, 11) is 0. The van der Waals surface area contributed by atoms with E-state index < -0.39 is 0 Å². The number of rotatable bonds is 2. The van der Waals surface area contributed by atoms with Gasteiger partial charge in [-0.25, -0.2) is 0 Å². The molecule has 0 saturated heterocycles. The molecule has 3 rings (SSSR count). The van der Waals surface area contributed by atoms with Gasteiger partial charge in [0.25, 0.3) is 5.89 Å². The molecular formula is C13H14N2O2. The van der Waals surface area contributed by atoms with Gasteiger partial charge in [0.2, 0.25) is 0 Å². The summed E-state index contributed by atoms with van der Waals surface area (Å²) < 4.78 is 5.27. The molecule has 4 nitrogen and oxygen atoms in total. The maximum absolute atomic E-state index is 9.47. The Labute approximate surface area is 99.3 Å². The van der Waals surface area contributed by atoms with E-state index >= 15 is 0 Å². The fourth-order valence-corrected chi connectivity index (χ4v) is 1.79. The van der Waals surface area contributed by atoms with Crippen LogP contribution in [0.4, 0.5) is 0 Å². The number of hydrogen-bond acceptors (Lipinski definition) is 4. The molecule has 1 fully saturated rings. The summed E-state index contributed by atoms with van der Waals surface area (Å²) >= 11 is 0. The molecule has 0 radical (unpaired) electrons. The number of nitrogens with zero attached hydrogens (tertiary/aromatic N) is 2. The maximum Gasteiger partial charge on any atom is 0.257 e. The molecule has 1 aliphatic rings. The number of hydrogen-bond donors (Lipinski definition) is 1. The van der Waals surface area contributed by atoms with Gasteiger partial charge in [-0.1, -0.05) is 12.1 Å². The number of aromatic hydroxyl groups is 1. The molecule has 4 heteroatoms. The third-order valence-electron chi connectivity index (χ3n) is 3.41. The Hall–Kier alpha value is -1.84. The summed E-state index contributed by atoms with van der Waals surface area (Å²) in [5.74, 6) is 1.59. The van der Waals surface area contributed by atoms with Gasteiger partial charge in [-0.15, -0.1) is 0 Å². The maximum atomic E-state index is 9.47. The van der Waals surface area contributed by atoms with Crippen LogP contribution in [0.3, 0.4) is 0 Å². The largest absolute Gasteiger partial charge is 0.508 e. The van der Waals surface area contributed by atoms with E-state index in [9.17, 15) is 5.11 Å². The van der Waals surface area contributed by atoms with Gasteiger partial charge < -0.3 is 9.63 Å². The van der Waals surface area contributed by atoms with Crippen LogP contribution in [0.25, 0.3) is 11.5 Å². The molecule has 1 aliphatic carbocycles. The van der Waals surface area contributed by atoms with Gasteiger partial charge in [0.1, 0.15) is 5.75 Å². The first-order chi connectivity index (χ1) is 8.08. The molecule has 17 heavy (non-hydrogen) atoms. The van der Waals surface area contributed by atoms with Crippen molar-refractivity contribution in [3.8, 4) is 17.2 Å². The summed E-state index contributed by atoms with van der Waals surface area (Å²) in [5, 5.41) is 13.5. The van der Waals surface area contributed by atoms with Crippen molar-refractivity contribution in [3.05, 3.63) is 29.6 Å². The average Bonchev–Trinajstić information content (AvgIpc) is 2.88. The van der Waals surface area contributed by atoms with Crippen molar-refractivity contribution in [3.63, 3.8) is 0 Å². The van der Waals surface area contributed by atoms with E-state index in [4.69, 9.17) is 4.52 Å². The van der Waals surface area contributed by atoms with Crippen LogP contribution in [0, 0.1) is 6.92 Å². The summed E-state index contributed by atoms with van der Waals surface area (Å²) in [6.07, 6.45) is 2.25. The summed E-state index contributed by atoms with van der Waals surface area (Å²) in [6.45, 7) is 3.99. The molecule has 0 aliphatic heterocycles. The Kier molecular flexibility index (Phi) is 2.02. The summed E-state index contributed by atoms with van der Waals surface area (Å²) in [4.78, 5) is 4.43. The summed E-state index contributed by atoms with van der Waals surface area (Å²) in [6, 6.07) is 5.28. The van der Waals surface area contributed by atoms with Crippen LogP contribution < -0.4 is 0 Å². The molecule has 0 amide bonds. The normalized spacial score (nSPS) is 17.1. The highest BCUT2D eigenvalue weighted by molar-refractivity contribution is 5.56. The first kappa shape index (κ1) is 10.3. The highest BCUT2D eigenvalue weighted by Gasteiger charge is 2.43. The lowest BCUT2D eigenvalue weighted by Crippen LogP contribution is -2.01. The van der Waals surface area contributed by atoms with Crippen molar-refractivity contribution in [2.24, 2.45) is 0 Å². The molecule has 2 aromatic rings. The third-order valence-corrected chi connectivity index (χ3v) is 3.41. The molecule has 1 N–H and O–H groups in total. The number of phenols is 1. The Morgan fingerprint density at radius 3 is 2.76 bits per heavy atom. The van der Waals surface area contributed by atoms with E-state index in [2.05, 4.69) is 17.1 Å². The summed E-state index contributed by atoms with van der Waals surface area (Å²) in [5.41, 5.74) is 1.77. The van der Waals surface area contributed by atoms with Crippen LogP contribution in [0.2, 0.25) is 0 Å². The minimum atomic E-state index is 0.119. The molecule has 0 bridgehead atoms. The first-order valence-corrected chi connectivity index (χ1v) is 5.73. The Balaban J connectivity index is 1.98. The van der Waals surface area contributed by atoms with Crippen LogP contribution in [-0.4, -0.2) is 15.2 Å². The lowest BCUT2D eigenvalue weighted by Gasteiger charge is -2.00. The lowest BCUT2D eigenvalue weighted by atomic mass is 10.1. The van der Waals surface area contributed by atoms with Crippen LogP contribution in [-0.2, 0) is 5.41 Å². The molecule has 1 aromatic carbocycles. The van der Waals surface area contributed by atoms with Crippen molar-refractivity contribution in [1.82, 2.24) is 10.1 Å². The van der Waals surface area contributed by atoms with E-state index in [1.807, 2.05) is 13.0 Å². The van der Waals surface area contributed by atoms with Gasteiger partial charge in [0.15, 0.2) is 5.82 Å². The molecule has 0 atom stereocenters. The molecule has 1 heterocycles. The molecule has 88 valence electrons. The molecule has 1 aromatic heterocycles. The third kappa shape index (κ3) is 1.69. The lowest BCUT2D eigenvalue weighted by molar-refractivity contribution is 0.415. The smallest absolute Gasteiger partial charge is 0.257 e. The van der Waals surface area contributed by atoms with Crippen molar-refractivity contribution in [2.75, 3.05) is 0 Å². The van der Waals surface area contributed by atoms with Gasteiger partial charge in [0, 0.05) is 11.0 Å².